The quantitative estimate of drug-likeness (QED) is 0.834. The highest BCUT2D eigenvalue weighted by Gasteiger charge is 2.14. The third kappa shape index (κ3) is 3.40. The van der Waals surface area contributed by atoms with E-state index in [2.05, 4.69) is 20.7 Å². The molecule has 2 N–H and O–H groups in total. The Hall–Kier alpha value is -1.69. The molecule has 6 nitrogen and oxygen atoms in total. The summed E-state index contributed by atoms with van der Waals surface area (Å²) in [5, 5.41) is 4.99. The van der Waals surface area contributed by atoms with Gasteiger partial charge in [-0.15, -0.1) is 0 Å². The average Bonchev–Trinajstić information content (AvgIpc) is 2.41. The van der Waals surface area contributed by atoms with Crippen LogP contribution in [0, 0.1) is 0 Å². The number of piperidine rings is 1. The minimum atomic E-state index is -0.188. The molecule has 1 aliphatic rings. The first-order valence-electron chi connectivity index (χ1n) is 6.41. The van der Waals surface area contributed by atoms with Gasteiger partial charge < -0.3 is 5.32 Å². The first-order valence-corrected chi connectivity index (χ1v) is 6.41. The number of carbonyl (C=O) groups excluding carboxylic acids is 1. The molecule has 1 aromatic rings. The van der Waals surface area contributed by atoms with Gasteiger partial charge in [0.05, 0.1) is 12.4 Å². The Morgan fingerprint density at radius 2 is 2.06 bits per heavy atom. The van der Waals surface area contributed by atoms with Crippen LogP contribution >= 0.6 is 0 Å². The Kier molecular flexibility index (Phi) is 4.46. The van der Waals surface area contributed by atoms with Gasteiger partial charge in [-0.2, -0.15) is 0 Å². The van der Waals surface area contributed by atoms with Crippen molar-refractivity contribution in [1.29, 1.82) is 0 Å². The van der Waals surface area contributed by atoms with Crippen molar-refractivity contribution < 1.29 is 4.79 Å². The lowest BCUT2D eigenvalue weighted by Gasteiger charge is -2.26. The van der Waals surface area contributed by atoms with Gasteiger partial charge in [-0.3, -0.25) is 10.2 Å². The summed E-state index contributed by atoms with van der Waals surface area (Å²) in [4.78, 5) is 20.1. The second-order valence-corrected chi connectivity index (χ2v) is 4.31. The maximum Gasteiger partial charge on any atom is 0.285 e. The lowest BCUT2D eigenvalue weighted by Crippen LogP contribution is -2.45. The summed E-state index contributed by atoms with van der Waals surface area (Å²) in [5.41, 5.74) is 3.21. The van der Waals surface area contributed by atoms with Crippen LogP contribution in [0.15, 0.2) is 12.4 Å². The van der Waals surface area contributed by atoms with E-state index in [4.69, 9.17) is 0 Å². The Morgan fingerprint density at radius 3 is 2.67 bits per heavy atom. The zero-order chi connectivity index (χ0) is 12.8. The highest BCUT2D eigenvalue weighted by atomic mass is 16.2. The van der Waals surface area contributed by atoms with Crippen LogP contribution in [0.3, 0.4) is 0 Å². The van der Waals surface area contributed by atoms with Gasteiger partial charge in [0.25, 0.3) is 5.91 Å². The fourth-order valence-corrected chi connectivity index (χ4v) is 1.92. The average molecular weight is 249 g/mol. The Balaban J connectivity index is 1.91. The normalized spacial score (nSPS) is 16.3. The lowest BCUT2D eigenvalue weighted by atomic mass is 10.2. The standard InChI is InChI=1S/C12H19N5O/c1-2-13-11-9-14-10(8-15-11)12(18)16-17-6-4-3-5-7-17/h8-9H,2-7H2,1H3,(H,13,15)(H,16,18). The van der Waals surface area contributed by atoms with Crippen LogP contribution in [0.1, 0.15) is 36.7 Å². The van der Waals surface area contributed by atoms with E-state index >= 15 is 0 Å². The molecular formula is C12H19N5O. The Bertz CT molecular complexity index is 386. The van der Waals surface area contributed by atoms with Crippen molar-refractivity contribution in [1.82, 2.24) is 20.4 Å². The predicted octanol–water partition coefficient (Wildman–Crippen LogP) is 1.04. The summed E-state index contributed by atoms with van der Waals surface area (Å²) >= 11 is 0. The number of amides is 1. The number of nitrogens with one attached hydrogen (secondary N) is 2. The number of hydrazine groups is 1. The Labute approximate surface area is 107 Å². The Morgan fingerprint density at radius 1 is 1.28 bits per heavy atom. The number of hydrogen-bond donors (Lipinski definition) is 2. The molecule has 0 bridgehead atoms. The van der Waals surface area contributed by atoms with E-state index in [9.17, 15) is 4.79 Å². The van der Waals surface area contributed by atoms with E-state index in [0.29, 0.717) is 11.5 Å². The monoisotopic (exact) mass is 249 g/mol. The lowest BCUT2D eigenvalue weighted by molar-refractivity contribution is 0.0744. The molecule has 0 radical (unpaired) electrons. The zero-order valence-electron chi connectivity index (χ0n) is 10.6. The van der Waals surface area contributed by atoms with Crippen molar-refractivity contribution in [2.75, 3.05) is 25.0 Å². The second kappa shape index (κ2) is 6.30. The molecule has 0 aliphatic carbocycles. The first kappa shape index (κ1) is 12.8. The molecular weight excluding hydrogens is 230 g/mol. The molecule has 98 valence electrons. The summed E-state index contributed by atoms with van der Waals surface area (Å²) in [6.45, 7) is 4.59. The van der Waals surface area contributed by atoms with Gasteiger partial charge >= 0.3 is 0 Å². The van der Waals surface area contributed by atoms with Gasteiger partial charge in [-0.25, -0.2) is 15.0 Å². The third-order valence-corrected chi connectivity index (χ3v) is 2.86. The summed E-state index contributed by atoms with van der Waals surface area (Å²) in [7, 11) is 0. The maximum atomic E-state index is 11.9. The van der Waals surface area contributed by atoms with E-state index in [-0.39, 0.29) is 5.91 Å². The second-order valence-electron chi connectivity index (χ2n) is 4.31. The molecule has 1 amide bonds. The molecule has 2 rings (SSSR count). The maximum absolute atomic E-state index is 11.9. The third-order valence-electron chi connectivity index (χ3n) is 2.86. The number of carbonyl (C=O) groups is 1. The molecule has 1 aliphatic heterocycles. The van der Waals surface area contributed by atoms with Crippen molar-refractivity contribution in [3.8, 4) is 0 Å². The summed E-state index contributed by atoms with van der Waals surface area (Å²) in [6.07, 6.45) is 6.58. The van der Waals surface area contributed by atoms with Crippen molar-refractivity contribution in [3.63, 3.8) is 0 Å². The zero-order valence-corrected chi connectivity index (χ0v) is 10.6. The van der Waals surface area contributed by atoms with Gasteiger partial charge in [-0.05, 0) is 19.8 Å². The summed E-state index contributed by atoms with van der Waals surface area (Å²) in [5.74, 6) is 0.500. The van der Waals surface area contributed by atoms with Gasteiger partial charge in [0.15, 0.2) is 0 Å². The fraction of sp³-hybridized carbons (Fsp3) is 0.583. The van der Waals surface area contributed by atoms with Gasteiger partial charge in [0, 0.05) is 19.6 Å². The predicted molar refractivity (Wildman–Crippen MR) is 69.1 cm³/mol. The highest BCUT2D eigenvalue weighted by molar-refractivity contribution is 5.91. The fourth-order valence-electron chi connectivity index (χ4n) is 1.92. The van der Waals surface area contributed by atoms with Crippen molar-refractivity contribution in [2.24, 2.45) is 0 Å². The van der Waals surface area contributed by atoms with Crippen LogP contribution in [0.25, 0.3) is 0 Å². The van der Waals surface area contributed by atoms with E-state index in [1.165, 1.54) is 12.6 Å². The van der Waals surface area contributed by atoms with Crippen molar-refractivity contribution >= 4 is 11.7 Å². The number of aromatic nitrogens is 2. The molecule has 1 fully saturated rings. The van der Waals surface area contributed by atoms with Crippen LogP contribution in [0.4, 0.5) is 5.82 Å². The van der Waals surface area contributed by atoms with Gasteiger partial charge in [0.1, 0.15) is 11.5 Å². The van der Waals surface area contributed by atoms with Crippen LogP contribution in [-0.2, 0) is 0 Å². The largest absolute Gasteiger partial charge is 0.369 e. The van der Waals surface area contributed by atoms with E-state index in [0.717, 1.165) is 32.5 Å². The topological polar surface area (TPSA) is 70.2 Å². The molecule has 0 atom stereocenters. The molecule has 1 saturated heterocycles. The number of rotatable bonds is 4. The van der Waals surface area contributed by atoms with E-state index in [1.54, 1.807) is 6.20 Å². The molecule has 2 heterocycles. The van der Waals surface area contributed by atoms with Crippen LogP contribution in [-0.4, -0.2) is 40.5 Å². The van der Waals surface area contributed by atoms with E-state index in [1.807, 2.05) is 11.9 Å². The molecule has 0 spiro atoms. The minimum Gasteiger partial charge on any atom is -0.369 e. The smallest absolute Gasteiger partial charge is 0.285 e. The van der Waals surface area contributed by atoms with Crippen molar-refractivity contribution in [2.45, 2.75) is 26.2 Å². The molecule has 18 heavy (non-hydrogen) atoms. The van der Waals surface area contributed by atoms with Gasteiger partial charge in [-0.1, -0.05) is 6.42 Å². The number of nitrogens with zero attached hydrogens (tertiary/aromatic N) is 3. The first-order chi connectivity index (χ1) is 8.79. The minimum absolute atomic E-state index is 0.188. The van der Waals surface area contributed by atoms with Crippen molar-refractivity contribution in [3.05, 3.63) is 18.1 Å². The molecule has 0 aromatic carbocycles. The highest BCUT2D eigenvalue weighted by Crippen LogP contribution is 2.07. The SMILES string of the molecule is CCNc1cnc(C(=O)NN2CCCCC2)cn1. The molecule has 1 aromatic heterocycles. The van der Waals surface area contributed by atoms with E-state index < -0.39 is 0 Å². The molecule has 6 heteroatoms. The van der Waals surface area contributed by atoms with Crippen LogP contribution in [0.2, 0.25) is 0 Å². The van der Waals surface area contributed by atoms with Crippen LogP contribution in [0.5, 0.6) is 0 Å². The summed E-state index contributed by atoms with van der Waals surface area (Å²) in [6, 6.07) is 0. The summed E-state index contributed by atoms with van der Waals surface area (Å²) < 4.78 is 0. The molecule has 0 saturated carbocycles. The van der Waals surface area contributed by atoms with Gasteiger partial charge in [0.2, 0.25) is 0 Å². The van der Waals surface area contributed by atoms with Crippen LogP contribution < -0.4 is 10.7 Å². The molecule has 0 unspecified atom stereocenters. The number of anilines is 1. The number of hydrogen-bond acceptors (Lipinski definition) is 5.